The van der Waals surface area contributed by atoms with Crippen LogP contribution in [0.1, 0.15) is 30.2 Å². The maximum absolute atomic E-state index is 5.71. The van der Waals surface area contributed by atoms with Gasteiger partial charge >= 0.3 is 0 Å². The van der Waals surface area contributed by atoms with Crippen molar-refractivity contribution in [2.45, 2.75) is 33.6 Å². The van der Waals surface area contributed by atoms with Crippen molar-refractivity contribution in [3.05, 3.63) is 59.2 Å². The number of nitrogens with two attached hydrogens (primary N) is 1. The first-order chi connectivity index (χ1) is 11.6. The minimum atomic E-state index is 0.740. The van der Waals surface area contributed by atoms with Gasteiger partial charge in [-0.25, -0.2) is 9.97 Å². The molecule has 0 bridgehead atoms. The summed E-state index contributed by atoms with van der Waals surface area (Å²) in [6.07, 6.45) is 6.70. The number of aryl methyl sites for hydroxylation is 2. The zero-order chi connectivity index (χ0) is 17.4. The van der Waals surface area contributed by atoms with Crippen LogP contribution in [0.4, 0.5) is 11.5 Å². The summed E-state index contributed by atoms with van der Waals surface area (Å²) in [5.74, 6) is 0.883. The molecule has 24 heavy (non-hydrogen) atoms. The van der Waals surface area contributed by atoms with Crippen molar-refractivity contribution in [3.8, 4) is 0 Å². The summed E-state index contributed by atoms with van der Waals surface area (Å²) in [4.78, 5) is 13.0. The Kier molecular flexibility index (Phi) is 6.49. The summed E-state index contributed by atoms with van der Waals surface area (Å²) in [5.41, 5.74) is 11.0. The van der Waals surface area contributed by atoms with Gasteiger partial charge in [-0.1, -0.05) is 24.6 Å². The van der Waals surface area contributed by atoms with Crippen molar-refractivity contribution in [1.29, 1.82) is 0 Å². The lowest BCUT2D eigenvalue weighted by atomic mass is 10.2. The lowest BCUT2D eigenvalue weighted by Gasteiger charge is -2.10. The van der Waals surface area contributed by atoms with Gasteiger partial charge in [-0.2, -0.15) is 0 Å². The molecular weight excluding hydrogens is 298 g/mol. The van der Waals surface area contributed by atoms with Gasteiger partial charge in [0.25, 0.3) is 0 Å². The normalized spacial score (nSPS) is 11.9. The van der Waals surface area contributed by atoms with Crippen LogP contribution in [0.15, 0.2) is 47.4 Å². The molecule has 0 aliphatic carbocycles. The van der Waals surface area contributed by atoms with Crippen molar-refractivity contribution in [2.75, 3.05) is 11.9 Å². The summed E-state index contributed by atoms with van der Waals surface area (Å²) < 4.78 is 0. The van der Waals surface area contributed by atoms with Crippen LogP contribution < -0.4 is 11.1 Å². The molecule has 0 saturated heterocycles. The van der Waals surface area contributed by atoms with Crippen LogP contribution in [0, 0.1) is 13.8 Å². The monoisotopic (exact) mass is 323 g/mol. The molecular formula is C19H25N5. The topological polar surface area (TPSA) is 76.2 Å². The maximum atomic E-state index is 5.71. The molecule has 0 aliphatic heterocycles. The van der Waals surface area contributed by atoms with Gasteiger partial charge in [0.1, 0.15) is 12.1 Å². The van der Waals surface area contributed by atoms with Gasteiger partial charge in [0.15, 0.2) is 0 Å². The van der Waals surface area contributed by atoms with Crippen molar-refractivity contribution in [3.63, 3.8) is 0 Å². The summed E-state index contributed by atoms with van der Waals surface area (Å²) in [7, 11) is 0. The first-order valence-electron chi connectivity index (χ1n) is 8.20. The van der Waals surface area contributed by atoms with E-state index < -0.39 is 0 Å². The van der Waals surface area contributed by atoms with Crippen molar-refractivity contribution in [1.82, 2.24) is 9.97 Å². The van der Waals surface area contributed by atoms with Crippen LogP contribution in [-0.4, -0.2) is 22.7 Å². The Bertz CT molecular complexity index is 717. The molecule has 0 unspecified atom stereocenters. The van der Waals surface area contributed by atoms with Crippen LogP contribution >= 0.6 is 0 Å². The molecule has 0 amide bonds. The fourth-order valence-electron chi connectivity index (χ4n) is 2.33. The SMILES string of the molecule is CCc1ncnc(NCCC(C=Nc2ccc(C)cc2)=CN)c1C. The van der Waals surface area contributed by atoms with Gasteiger partial charge in [-0.05, 0) is 50.6 Å². The van der Waals surface area contributed by atoms with E-state index in [-0.39, 0.29) is 0 Å². The third-order valence-electron chi connectivity index (χ3n) is 3.86. The van der Waals surface area contributed by atoms with E-state index in [1.165, 1.54) is 5.56 Å². The number of benzene rings is 1. The number of anilines is 1. The van der Waals surface area contributed by atoms with Crippen molar-refractivity contribution < 1.29 is 0 Å². The molecule has 1 aromatic carbocycles. The molecule has 0 saturated carbocycles. The van der Waals surface area contributed by atoms with E-state index in [0.717, 1.165) is 47.7 Å². The Labute approximate surface area is 143 Å². The van der Waals surface area contributed by atoms with E-state index in [4.69, 9.17) is 5.73 Å². The minimum absolute atomic E-state index is 0.740. The van der Waals surface area contributed by atoms with E-state index in [1.807, 2.05) is 37.4 Å². The van der Waals surface area contributed by atoms with Gasteiger partial charge < -0.3 is 11.1 Å². The van der Waals surface area contributed by atoms with Gasteiger partial charge in [0, 0.05) is 24.0 Å². The fourth-order valence-corrected chi connectivity index (χ4v) is 2.33. The molecule has 2 aromatic rings. The molecule has 0 atom stereocenters. The van der Waals surface area contributed by atoms with E-state index >= 15 is 0 Å². The molecule has 3 N–H and O–H groups in total. The third kappa shape index (κ3) is 4.91. The first-order valence-corrected chi connectivity index (χ1v) is 8.20. The Morgan fingerprint density at radius 2 is 1.96 bits per heavy atom. The van der Waals surface area contributed by atoms with E-state index in [9.17, 15) is 0 Å². The molecule has 1 heterocycles. The standard InChI is InChI=1S/C19H25N5/c1-4-18-15(3)19(24-13-23-18)21-10-9-16(11-20)12-22-17-7-5-14(2)6-8-17/h5-8,11-13H,4,9-10,20H2,1-3H3,(H,21,23,24). The van der Waals surface area contributed by atoms with Crippen molar-refractivity contribution in [2.24, 2.45) is 10.7 Å². The molecule has 1 aromatic heterocycles. The number of hydrogen-bond donors (Lipinski definition) is 2. The minimum Gasteiger partial charge on any atom is -0.404 e. The lowest BCUT2D eigenvalue weighted by molar-refractivity contribution is 0.949. The fraction of sp³-hybridized carbons (Fsp3) is 0.316. The molecule has 0 fully saturated rings. The Balaban J connectivity index is 1.91. The third-order valence-corrected chi connectivity index (χ3v) is 3.86. The van der Waals surface area contributed by atoms with Gasteiger partial charge in [-0.3, -0.25) is 4.99 Å². The molecule has 0 radical (unpaired) electrons. The smallest absolute Gasteiger partial charge is 0.132 e. The van der Waals surface area contributed by atoms with Crippen LogP contribution in [0.5, 0.6) is 0 Å². The lowest BCUT2D eigenvalue weighted by Crippen LogP contribution is -2.09. The largest absolute Gasteiger partial charge is 0.404 e. The summed E-state index contributed by atoms with van der Waals surface area (Å²) in [5, 5.41) is 3.35. The molecule has 2 rings (SSSR count). The number of nitrogens with one attached hydrogen (secondary N) is 1. The highest BCUT2D eigenvalue weighted by molar-refractivity contribution is 5.80. The van der Waals surface area contributed by atoms with Crippen LogP contribution in [0.3, 0.4) is 0 Å². The molecule has 126 valence electrons. The van der Waals surface area contributed by atoms with Crippen LogP contribution in [0.25, 0.3) is 0 Å². The predicted octanol–water partition coefficient (Wildman–Crippen LogP) is 3.70. The average Bonchev–Trinajstić information content (AvgIpc) is 2.60. The predicted molar refractivity (Wildman–Crippen MR) is 101 cm³/mol. The summed E-state index contributed by atoms with van der Waals surface area (Å²) >= 11 is 0. The zero-order valence-electron chi connectivity index (χ0n) is 14.6. The molecule has 0 spiro atoms. The second-order valence-corrected chi connectivity index (χ2v) is 5.66. The first kappa shape index (κ1) is 17.7. The van der Waals surface area contributed by atoms with E-state index in [0.29, 0.717) is 0 Å². The number of hydrogen-bond acceptors (Lipinski definition) is 5. The molecule has 0 aliphatic rings. The second kappa shape index (κ2) is 8.82. The van der Waals surface area contributed by atoms with Crippen LogP contribution in [0.2, 0.25) is 0 Å². The quantitative estimate of drug-likeness (QED) is 0.762. The average molecular weight is 323 g/mol. The Morgan fingerprint density at radius 1 is 1.21 bits per heavy atom. The number of rotatable bonds is 7. The Morgan fingerprint density at radius 3 is 2.62 bits per heavy atom. The highest BCUT2D eigenvalue weighted by Crippen LogP contribution is 2.15. The maximum Gasteiger partial charge on any atom is 0.132 e. The number of aliphatic imine (C=N–C) groups is 1. The van der Waals surface area contributed by atoms with Crippen molar-refractivity contribution >= 4 is 17.7 Å². The second-order valence-electron chi connectivity index (χ2n) is 5.66. The van der Waals surface area contributed by atoms with Gasteiger partial charge in [-0.15, -0.1) is 0 Å². The van der Waals surface area contributed by atoms with Crippen LogP contribution in [-0.2, 0) is 6.42 Å². The number of nitrogens with zero attached hydrogens (tertiary/aromatic N) is 3. The van der Waals surface area contributed by atoms with Gasteiger partial charge in [0.05, 0.1) is 5.69 Å². The van der Waals surface area contributed by atoms with Gasteiger partial charge in [0.2, 0.25) is 0 Å². The van der Waals surface area contributed by atoms with E-state index in [2.05, 4.69) is 34.1 Å². The number of aromatic nitrogens is 2. The summed E-state index contributed by atoms with van der Waals surface area (Å²) in [6, 6.07) is 8.08. The molecule has 5 heteroatoms. The summed E-state index contributed by atoms with van der Waals surface area (Å²) in [6.45, 7) is 6.93. The highest BCUT2D eigenvalue weighted by Gasteiger charge is 2.04. The molecule has 5 nitrogen and oxygen atoms in total. The zero-order valence-corrected chi connectivity index (χ0v) is 14.6. The van der Waals surface area contributed by atoms with E-state index in [1.54, 1.807) is 12.5 Å². The highest BCUT2D eigenvalue weighted by atomic mass is 15.0. The Hall–Kier alpha value is -2.69.